The van der Waals surface area contributed by atoms with Crippen LogP contribution in [-0.2, 0) is 4.79 Å². The molecule has 1 aliphatic heterocycles. The van der Waals surface area contributed by atoms with Gasteiger partial charge in [-0.05, 0) is 51.7 Å². The van der Waals surface area contributed by atoms with E-state index < -0.39 is 11.4 Å². The third-order valence-corrected chi connectivity index (χ3v) is 4.38. The van der Waals surface area contributed by atoms with Gasteiger partial charge in [-0.25, -0.2) is 0 Å². The van der Waals surface area contributed by atoms with Crippen LogP contribution in [0, 0.1) is 5.41 Å². The number of hydrogen-bond donors (Lipinski definition) is 2. The Balaban J connectivity index is 2.25. The number of carboxylic acid groups (broad SMARTS) is 1. The minimum atomic E-state index is -0.600. The van der Waals surface area contributed by atoms with Crippen LogP contribution < -0.4 is 0 Å². The number of likely N-dealkylation sites (tertiary alicyclic amines) is 1. The van der Waals surface area contributed by atoms with Crippen LogP contribution in [0.5, 0.6) is 0 Å². The number of hydrogen-bond acceptors (Lipinski definition) is 3. The van der Waals surface area contributed by atoms with Crippen molar-refractivity contribution in [3.63, 3.8) is 0 Å². The molecule has 1 aliphatic rings. The molecule has 0 aromatic rings. The van der Waals surface area contributed by atoms with Gasteiger partial charge in [0.1, 0.15) is 0 Å². The molecule has 1 saturated heterocycles. The molecule has 2 N–H and O–H groups in total. The van der Waals surface area contributed by atoms with E-state index in [1.165, 1.54) is 0 Å². The first kappa shape index (κ1) is 16.4. The number of nitrogens with zero attached hydrogens (tertiary/aromatic N) is 1. The molecular weight excluding hydrogens is 242 g/mol. The predicted molar refractivity (Wildman–Crippen MR) is 76.2 cm³/mol. The second-order valence-corrected chi connectivity index (χ2v) is 5.81. The Morgan fingerprint density at radius 2 is 1.79 bits per heavy atom. The van der Waals surface area contributed by atoms with Crippen LogP contribution in [0.3, 0.4) is 0 Å². The summed E-state index contributed by atoms with van der Waals surface area (Å²) in [5.74, 6) is -0.600. The van der Waals surface area contributed by atoms with E-state index in [-0.39, 0.29) is 0 Å². The van der Waals surface area contributed by atoms with E-state index in [1.54, 1.807) is 0 Å². The highest BCUT2D eigenvalue weighted by Crippen LogP contribution is 2.36. The van der Waals surface area contributed by atoms with Crippen molar-refractivity contribution in [1.82, 2.24) is 4.90 Å². The third-order valence-electron chi connectivity index (χ3n) is 4.38. The van der Waals surface area contributed by atoms with E-state index in [2.05, 4.69) is 11.8 Å². The van der Waals surface area contributed by atoms with Crippen molar-refractivity contribution in [2.75, 3.05) is 26.2 Å². The fourth-order valence-electron chi connectivity index (χ4n) is 3.05. The minimum Gasteiger partial charge on any atom is -0.481 e. The molecule has 0 unspecified atom stereocenters. The Morgan fingerprint density at radius 3 is 2.32 bits per heavy atom. The molecule has 0 atom stereocenters. The molecule has 0 aliphatic carbocycles. The van der Waals surface area contributed by atoms with Crippen LogP contribution in [0.25, 0.3) is 0 Å². The molecule has 1 heterocycles. The van der Waals surface area contributed by atoms with Crippen molar-refractivity contribution in [1.29, 1.82) is 0 Å². The first-order valence-corrected chi connectivity index (χ1v) is 7.71. The summed E-state index contributed by atoms with van der Waals surface area (Å²) in [6, 6.07) is 0. The average molecular weight is 271 g/mol. The first-order chi connectivity index (χ1) is 9.14. The number of aliphatic carboxylic acids is 1. The molecule has 4 nitrogen and oxygen atoms in total. The summed E-state index contributed by atoms with van der Waals surface area (Å²) >= 11 is 0. The van der Waals surface area contributed by atoms with E-state index in [1.807, 2.05) is 0 Å². The molecule has 112 valence electrons. The molecule has 0 aromatic heterocycles. The summed E-state index contributed by atoms with van der Waals surface area (Å²) in [6.45, 7) is 5.28. The Bertz CT molecular complexity index is 260. The highest BCUT2D eigenvalue weighted by molar-refractivity contribution is 5.74. The highest BCUT2D eigenvalue weighted by Gasteiger charge is 2.40. The normalized spacial score (nSPS) is 19.5. The molecule has 0 bridgehead atoms. The maximum atomic E-state index is 11.5. The lowest BCUT2D eigenvalue weighted by Crippen LogP contribution is -2.44. The Hall–Kier alpha value is -0.610. The summed E-state index contributed by atoms with van der Waals surface area (Å²) in [6.07, 6.45) is 7.68. The van der Waals surface area contributed by atoms with E-state index >= 15 is 0 Å². The first-order valence-electron chi connectivity index (χ1n) is 7.71. The van der Waals surface area contributed by atoms with Crippen LogP contribution in [-0.4, -0.2) is 47.3 Å². The van der Waals surface area contributed by atoms with Crippen LogP contribution in [0.2, 0.25) is 0 Å². The Kier molecular flexibility index (Phi) is 7.39. The van der Waals surface area contributed by atoms with Crippen molar-refractivity contribution in [3.05, 3.63) is 0 Å². The molecule has 1 fully saturated rings. The topological polar surface area (TPSA) is 60.8 Å². The zero-order valence-corrected chi connectivity index (χ0v) is 12.2. The number of rotatable bonds is 9. The quantitative estimate of drug-likeness (QED) is 0.633. The van der Waals surface area contributed by atoms with Crippen molar-refractivity contribution in [2.24, 2.45) is 5.41 Å². The van der Waals surface area contributed by atoms with E-state index in [4.69, 9.17) is 5.11 Å². The van der Waals surface area contributed by atoms with Crippen LogP contribution in [0.1, 0.15) is 58.3 Å². The van der Waals surface area contributed by atoms with Crippen LogP contribution >= 0.6 is 0 Å². The van der Waals surface area contributed by atoms with Gasteiger partial charge < -0.3 is 15.1 Å². The summed E-state index contributed by atoms with van der Waals surface area (Å²) in [7, 11) is 0. The zero-order valence-electron chi connectivity index (χ0n) is 12.2. The molecular formula is C15H29NO3. The standard InChI is InChI=1S/C15H29NO3/c1-2-7-15(14(18)19)8-11-16(12-9-15)10-5-3-4-6-13-17/h17H,2-13H2,1H3,(H,18,19). The number of carboxylic acids is 1. The maximum Gasteiger partial charge on any atom is 0.309 e. The average Bonchev–Trinajstić information content (AvgIpc) is 2.40. The van der Waals surface area contributed by atoms with Gasteiger partial charge in [-0.3, -0.25) is 4.79 Å². The van der Waals surface area contributed by atoms with Crippen LogP contribution in [0.4, 0.5) is 0 Å². The molecule has 0 aromatic carbocycles. The van der Waals surface area contributed by atoms with Gasteiger partial charge >= 0.3 is 5.97 Å². The van der Waals surface area contributed by atoms with Crippen molar-refractivity contribution < 1.29 is 15.0 Å². The largest absolute Gasteiger partial charge is 0.481 e. The summed E-state index contributed by atoms with van der Waals surface area (Å²) in [5.41, 5.74) is -0.456. The van der Waals surface area contributed by atoms with Gasteiger partial charge in [0.05, 0.1) is 5.41 Å². The number of carbonyl (C=O) groups is 1. The van der Waals surface area contributed by atoms with Gasteiger partial charge in [-0.2, -0.15) is 0 Å². The molecule has 0 radical (unpaired) electrons. The van der Waals surface area contributed by atoms with Crippen molar-refractivity contribution in [3.8, 4) is 0 Å². The SMILES string of the molecule is CCCC1(C(=O)O)CCN(CCCCCCO)CC1. The Labute approximate surface area is 116 Å². The lowest BCUT2D eigenvalue weighted by atomic mass is 9.75. The second-order valence-electron chi connectivity index (χ2n) is 5.81. The monoisotopic (exact) mass is 271 g/mol. The fourth-order valence-corrected chi connectivity index (χ4v) is 3.05. The van der Waals surface area contributed by atoms with E-state index in [9.17, 15) is 9.90 Å². The van der Waals surface area contributed by atoms with Gasteiger partial charge in [-0.1, -0.05) is 26.2 Å². The van der Waals surface area contributed by atoms with Crippen molar-refractivity contribution >= 4 is 5.97 Å². The smallest absolute Gasteiger partial charge is 0.309 e. The lowest BCUT2D eigenvalue weighted by molar-refractivity contribution is -0.152. The van der Waals surface area contributed by atoms with Crippen molar-refractivity contribution in [2.45, 2.75) is 58.3 Å². The summed E-state index contributed by atoms with van der Waals surface area (Å²) in [4.78, 5) is 13.9. The van der Waals surface area contributed by atoms with Gasteiger partial charge in [0.15, 0.2) is 0 Å². The number of aliphatic hydroxyl groups is 1. The van der Waals surface area contributed by atoms with Crippen LogP contribution in [0.15, 0.2) is 0 Å². The molecule has 0 saturated carbocycles. The third kappa shape index (κ3) is 5.11. The second kappa shape index (κ2) is 8.54. The number of aliphatic hydroxyl groups excluding tert-OH is 1. The molecule has 0 spiro atoms. The maximum absolute atomic E-state index is 11.5. The van der Waals surface area contributed by atoms with E-state index in [0.29, 0.717) is 6.61 Å². The zero-order chi connectivity index (χ0) is 14.1. The Morgan fingerprint density at radius 1 is 1.16 bits per heavy atom. The van der Waals surface area contributed by atoms with E-state index in [0.717, 1.165) is 71.0 Å². The van der Waals surface area contributed by atoms with Gasteiger partial charge in [-0.15, -0.1) is 0 Å². The van der Waals surface area contributed by atoms with Gasteiger partial charge in [0.25, 0.3) is 0 Å². The summed E-state index contributed by atoms with van der Waals surface area (Å²) < 4.78 is 0. The molecule has 4 heteroatoms. The number of unbranched alkanes of at least 4 members (excludes halogenated alkanes) is 3. The van der Waals surface area contributed by atoms with Gasteiger partial charge in [0, 0.05) is 6.61 Å². The summed E-state index contributed by atoms with van der Waals surface area (Å²) in [5, 5.41) is 18.1. The highest BCUT2D eigenvalue weighted by atomic mass is 16.4. The predicted octanol–water partition coefficient (Wildman–Crippen LogP) is 2.51. The van der Waals surface area contributed by atoms with Gasteiger partial charge in [0.2, 0.25) is 0 Å². The molecule has 19 heavy (non-hydrogen) atoms. The molecule has 1 rings (SSSR count). The number of piperidine rings is 1. The fraction of sp³-hybridized carbons (Fsp3) is 0.933. The lowest BCUT2D eigenvalue weighted by Gasteiger charge is -2.38. The minimum absolute atomic E-state index is 0.294. The molecule has 0 amide bonds.